The fraction of sp³-hybridized carbons (Fsp3) is 0.571. The largest absolute Gasteiger partial charge is 0.382 e. The zero-order valence-corrected chi connectivity index (χ0v) is 19.8. The summed E-state index contributed by atoms with van der Waals surface area (Å²) >= 11 is 7.61. The number of thiazole rings is 1. The standard InChI is InChI=1S/C21H27ClN8OS/c1-11(2)29-8-7-14-15(9-29)32-21(25-14)28-19(31)12-3-5-13(6-4-12)30-10-24-16-17(23)26-20(22)27-18(16)30/h10-13H,3-9H2,1-2H3,(H2,23,26,27)(H,25,28,31)/t12-,13+. The molecule has 3 N–H and O–H groups in total. The summed E-state index contributed by atoms with van der Waals surface area (Å²) in [4.78, 5) is 34.0. The molecule has 32 heavy (non-hydrogen) atoms. The summed E-state index contributed by atoms with van der Waals surface area (Å²) in [7, 11) is 0. The molecule has 0 spiro atoms. The average molecular weight is 475 g/mol. The molecule has 0 saturated heterocycles. The second-order valence-electron chi connectivity index (χ2n) is 8.90. The molecule has 0 unspecified atom stereocenters. The van der Waals surface area contributed by atoms with Gasteiger partial charge in [-0.1, -0.05) is 0 Å². The number of nitrogen functional groups attached to an aromatic ring is 1. The Hall–Kier alpha value is -2.30. The molecule has 1 fully saturated rings. The van der Waals surface area contributed by atoms with Crippen LogP contribution in [0.3, 0.4) is 0 Å². The number of rotatable bonds is 4. The molecule has 2 aliphatic rings. The average Bonchev–Trinajstić information content (AvgIpc) is 3.36. The number of carbonyl (C=O) groups is 1. The molecular weight excluding hydrogens is 448 g/mol. The number of halogens is 1. The Bertz CT molecular complexity index is 1150. The highest BCUT2D eigenvalue weighted by molar-refractivity contribution is 7.15. The Labute approximate surface area is 195 Å². The smallest absolute Gasteiger partial charge is 0.229 e. The molecule has 3 aromatic rings. The minimum absolute atomic E-state index is 0.0163. The Kier molecular flexibility index (Phi) is 5.77. The molecule has 1 aliphatic heterocycles. The Morgan fingerprint density at radius 1 is 1.25 bits per heavy atom. The summed E-state index contributed by atoms with van der Waals surface area (Å²) < 4.78 is 2.02. The summed E-state index contributed by atoms with van der Waals surface area (Å²) in [5.41, 5.74) is 8.28. The Balaban J connectivity index is 1.22. The molecule has 0 bridgehead atoms. The number of aromatic nitrogens is 5. The molecule has 5 rings (SSSR count). The van der Waals surface area contributed by atoms with Crippen LogP contribution < -0.4 is 11.1 Å². The zero-order valence-electron chi connectivity index (χ0n) is 18.2. The van der Waals surface area contributed by atoms with E-state index in [2.05, 4.69) is 39.0 Å². The minimum Gasteiger partial charge on any atom is -0.382 e. The third-order valence-electron chi connectivity index (χ3n) is 6.60. The maximum absolute atomic E-state index is 12.9. The van der Waals surface area contributed by atoms with Crippen molar-refractivity contribution in [1.82, 2.24) is 29.4 Å². The van der Waals surface area contributed by atoms with Gasteiger partial charge in [-0.3, -0.25) is 9.69 Å². The van der Waals surface area contributed by atoms with Crippen molar-refractivity contribution in [3.63, 3.8) is 0 Å². The number of anilines is 2. The Morgan fingerprint density at radius 3 is 2.78 bits per heavy atom. The van der Waals surface area contributed by atoms with E-state index in [4.69, 9.17) is 22.3 Å². The number of nitrogens with one attached hydrogen (secondary N) is 1. The number of nitrogens with zero attached hydrogens (tertiary/aromatic N) is 6. The van der Waals surface area contributed by atoms with Crippen LogP contribution in [-0.4, -0.2) is 47.9 Å². The highest BCUT2D eigenvalue weighted by atomic mass is 35.5. The quantitative estimate of drug-likeness (QED) is 0.554. The summed E-state index contributed by atoms with van der Waals surface area (Å²) in [6.07, 6.45) is 6.03. The van der Waals surface area contributed by atoms with Crippen molar-refractivity contribution in [2.24, 2.45) is 5.92 Å². The van der Waals surface area contributed by atoms with Crippen LogP contribution in [0.1, 0.15) is 56.1 Å². The molecule has 4 heterocycles. The molecule has 9 nitrogen and oxygen atoms in total. The van der Waals surface area contributed by atoms with Crippen LogP contribution in [0.25, 0.3) is 11.2 Å². The van der Waals surface area contributed by atoms with Crippen molar-refractivity contribution in [2.45, 2.75) is 64.6 Å². The van der Waals surface area contributed by atoms with Gasteiger partial charge >= 0.3 is 0 Å². The SMILES string of the molecule is CC(C)N1CCc2nc(NC(=O)[C@H]3CC[C@@H](n4cnc5c(N)nc(Cl)nc54)CC3)sc2C1. The summed E-state index contributed by atoms with van der Waals surface area (Å²) in [6.45, 7) is 6.38. The van der Waals surface area contributed by atoms with Crippen LogP contribution in [0.4, 0.5) is 10.9 Å². The number of imidazole rings is 1. The summed E-state index contributed by atoms with van der Waals surface area (Å²) in [6, 6.07) is 0.730. The number of fused-ring (bicyclic) bond motifs is 2. The molecule has 1 saturated carbocycles. The third-order valence-corrected chi connectivity index (χ3v) is 7.77. The third kappa shape index (κ3) is 4.06. The van der Waals surface area contributed by atoms with Crippen LogP contribution in [0.15, 0.2) is 6.33 Å². The molecule has 1 amide bonds. The van der Waals surface area contributed by atoms with Gasteiger partial charge in [0, 0.05) is 42.4 Å². The van der Waals surface area contributed by atoms with E-state index in [1.165, 1.54) is 4.88 Å². The molecule has 0 aromatic carbocycles. The topological polar surface area (TPSA) is 115 Å². The summed E-state index contributed by atoms with van der Waals surface area (Å²) in [5, 5.41) is 3.93. The lowest BCUT2D eigenvalue weighted by Gasteiger charge is -2.29. The fourth-order valence-corrected chi connectivity index (χ4v) is 5.92. The lowest BCUT2D eigenvalue weighted by molar-refractivity contribution is -0.120. The molecule has 0 atom stereocenters. The lowest BCUT2D eigenvalue weighted by atomic mass is 9.85. The van der Waals surface area contributed by atoms with Crippen LogP contribution in [0.5, 0.6) is 0 Å². The monoisotopic (exact) mass is 474 g/mol. The maximum Gasteiger partial charge on any atom is 0.229 e. The molecule has 3 aromatic heterocycles. The highest BCUT2D eigenvalue weighted by Gasteiger charge is 2.30. The number of amides is 1. The first kappa shape index (κ1) is 21.5. The first-order valence-corrected chi connectivity index (χ1v) is 12.3. The fourth-order valence-electron chi connectivity index (χ4n) is 4.71. The number of hydrogen-bond donors (Lipinski definition) is 2. The number of nitrogens with two attached hydrogens (primary N) is 1. The second-order valence-corrected chi connectivity index (χ2v) is 10.3. The van der Waals surface area contributed by atoms with Crippen LogP contribution in [0.2, 0.25) is 5.28 Å². The van der Waals surface area contributed by atoms with Crippen molar-refractivity contribution in [1.29, 1.82) is 0 Å². The first-order valence-electron chi connectivity index (χ1n) is 11.1. The van der Waals surface area contributed by atoms with E-state index in [0.717, 1.165) is 56.0 Å². The van der Waals surface area contributed by atoms with Gasteiger partial charge in [-0.2, -0.15) is 9.97 Å². The second kappa shape index (κ2) is 8.57. The van der Waals surface area contributed by atoms with Gasteiger partial charge in [0.25, 0.3) is 0 Å². The van der Waals surface area contributed by atoms with E-state index in [1.54, 1.807) is 17.7 Å². The normalized spacial score (nSPS) is 21.8. The molecule has 11 heteroatoms. The predicted octanol–water partition coefficient (Wildman–Crippen LogP) is 3.65. The van der Waals surface area contributed by atoms with Crippen molar-refractivity contribution in [3.8, 4) is 0 Å². The van der Waals surface area contributed by atoms with Gasteiger partial charge in [-0.05, 0) is 51.1 Å². The minimum atomic E-state index is -0.0163. The van der Waals surface area contributed by atoms with E-state index >= 15 is 0 Å². The lowest BCUT2D eigenvalue weighted by Crippen LogP contribution is -2.35. The number of carbonyl (C=O) groups excluding carboxylic acids is 1. The predicted molar refractivity (Wildman–Crippen MR) is 126 cm³/mol. The number of hydrogen-bond acceptors (Lipinski definition) is 8. The van der Waals surface area contributed by atoms with Gasteiger partial charge in [-0.25, -0.2) is 9.97 Å². The molecular formula is C21H27ClN8OS. The van der Waals surface area contributed by atoms with Crippen molar-refractivity contribution >= 4 is 51.0 Å². The van der Waals surface area contributed by atoms with Crippen LogP contribution in [0, 0.1) is 5.92 Å². The first-order chi connectivity index (χ1) is 15.4. The Morgan fingerprint density at radius 2 is 2.03 bits per heavy atom. The van der Waals surface area contributed by atoms with E-state index in [9.17, 15) is 4.79 Å². The van der Waals surface area contributed by atoms with Gasteiger partial charge in [-0.15, -0.1) is 11.3 Å². The van der Waals surface area contributed by atoms with E-state index in [1.807, 2.05) is 4.57 Å². The van der Waals surface area contributed by atoms with Gasteiger partial charge in [0.1, 0.15) is 5.52 Å². The highest BCUT2D eigenvalue weighted by Crippen LogP contribution is 2.36. The summed E-state index contributed by atoms with van der Waals surface area (Å²) in [5.74, 6) is 0.340. The van der Waals surface area contributed by atoms with E-state index in [0.29, 0.717) is 17.2 Å². The van der Waals surface area contributed by atoms with Crippen molar-refractivity contribution < 1.29 is 4.79 Å². The van der Waals surface area contributed by atoms with Gasteiger partial charge in [0.15, 0.2) is 16.6 Å². The molecule has 1 aliphatic carbocycles. The van der Waals surface area contributed by atoms with E-state index < -0.39 is 0 Å². The molecule has 0 radical (unpaired) electrons. The maximum atomic E-state index is 12.9. The zero-order chi connectivity index (χ0) is 22.4. The van der Waals surface area contributed by atoms with Gasteiger partial charge in [0.05, 0.1) is 12.0 Å². The van der Waals surface area contributed by atoms with E-state index in [-0.39, 0.29) is 29.0 Å². The van der Waals surface area contributed by atoms with Gasteiger partial charge in [0.2, 0.25) is 11.2 Å². The van der Waals surface area contributed by atoms with Crippen LogP contribution >= 0.6 is 22.9 Å². The van der Waals surface area contributed by atoms with Crippen LogP contribution in [-0.2, 0) is 17.8 Å². The van der Waals surface area contributed by atoms with Crippen molar-refractivity contribution in [3.05, 3.63) is 22.2 Å². The van der Waals surface area contributed by atoms with Gasteiger partial charge < -0.3 is 15.6 Å². The molecule has 170 valence electrons. The van der Waals surface area contributed by atoms with Crippen molar-refractivity contribution in [2.75, 3.05) is 17.6 Å².